The lowest BCUT2D eigenvalue weighted by molar-refractivity contribution is -0.0440. The molecule has 0 unspecified atom stereocenters. The van der Waals surface area contributed by atoms with Gasteiger partial charge in [0.15, 0.2) is 11.5 Å². The van der Waals surface area contributed by atoms with Crippen molar-refractivity contribution in [1.29, 1.82) is 0 Å². The lowest BCUT2D eigenvalue weighted by Crippen LogP contribution is -2.48. The number of hydrogen-bond acceptors (Lipinski definition) is 6. The molecule has 2 aliphatic heterocycles. The second-order valence-electron chi connectivity index (χ2n) is 7.42. The normalized spacial score (nSPS) is 21.8. The van der Waals surface area contributed by atoms with E-state index in [0.29, 0.717) is 30.4 Å². The van der Waals surface area contributed by atoms with Gasteiger partial charge in [0.25, 0.3) is 5.91 Å². The maximum absolute atomic E-state index is 13.1. The van der Waals surface area contributed by atoms with Crippen LogP contribution in [-0.2, 0) is 14.8 Å². The number of fused-ring (bicyclic) bond motifs is 1. The van der Waals surface area contributed by atoms with E-state index in [1.807, 2.05) is 13.8 Å². The van der Waals surface area contributed by atoms with Crippen molar-refractivity contribution in [2.24, 2.45) is 0 Å². The summed E-state index contributed by atoms with van der Waals surface area (Å²) in [6, 6.07) is 11.2. The zero-order valence-electron chi connectivity index (χ0n) is 16.8. The zero-order valence-corrected chi connectivity index (χ0v) is 17.6. The maximum atomic E-state index is 13.1. The van der Waals surface area contributed by atoms with E-state index in [2.05, 4.69) is 5.32 Å². The lowest BCUT2D eigenvalue weighted by Gasteiger charge is -2.34. The topological polar surface area (TPSA) is 94.2 Å². The summed E-state index contributed by atoms with van der Waals surface area (Å²) in [6.07, 6.45) is -0.379. The Morgan fingerprint density at radius 2 is 1.70 bits per heavy atom. The smallest absolute Gasteiger partial charge is 0.255 e. The van der Waals surface area contributed by atoms with Crippen molar-refractivity contribution in [2.45, 2.75) is 31.0 Å². The summed E-state index contributed by atoms with van der Waals surface area (Å²) in [6.45, 7) is 5.18. The number of ether oxygens (including phenoxy) is 3. The minimum absolute atomic E-state index is 0.0821. The van der Waals surface area contributed by atoms with Gasteiger partial charge in [-0.1, -0.05) is 6.07 Å². The molecule has 8 nitrogen and oxygen atoms in total. The minimum Gasteiger partial charge on any atom is -0.486 e. The van der Waals surface area contributed by atoms with Crippen LogP contribution in [0.1, 0.15) is 24.2 Å². The van der Waals surface area contributed by atoms with Crippen LogP contribution >= 0.6 is 0 Å². The van der Waals surface area contributed by atoms with Gasteiger partial charge in [0.05, 0.1) is 17.1 Å². The number of nitrogens with one attached hydrogen (secondary N) is 1. The predicted molar refractivity (Wildman–Crippen MR) is 111 cm³/mol. The fourth-order valence-corrected chi connectivity index (χ4v) is 5.24. The third kappa shape index (κ3) is 4.28. The monoisotopic (exact) mass is 432 g/mol. The molecule has 0 aromatic heterocycles. The highest BCUT2D eigenvalue weighted by molar-refractivity contribution is 7.89. The largest absolute Gasteiger partial charge is 0.486 e. The van der Waals surface area contributed by atoms with Crippen molar-refractivity contribution >= 4 is 21.6 Å². The van der Waals surface area contributed by atoms with Crippen LogP contribution in [0.15, 0.2) is 47.4 Å². The van der Waals surface area contributed by atoms with Crippen molar-refractivity contribution in [2.75, 3.05) is 31.6 Å². The van der Waals surface area contributed by atoms with Gasteiger partial charge < -0.3 is 19.5 Å². The number of carbonyl (C=O) groups excluding carboxylic acids is 1. The van der Waals surface area contributed by atoms with E-state index >= 15 is 0 Å². The Bertz CT molecular complexity index is 1050. The highest BCUT2D eigenvalue weighted by Crippen LogP contribution is 2.32. The number of nitrogens with zero attached hydrogens (tertiary/aromatic N) is 1. The molecule has 2 atom stereocenters. The first-order chi connectivity index (χ1) is 14.3. The van der Waals surface area contributed by atoms with Crippen LogP contribution in [0.4, 0.5) is 5.69 Å². The molecule has 2 aromatic rings. The summed E-state index contributed by atoms with van der Waals surface area (Å²) in [4.78, 5) is 12.8. The third-order valence-corrected chi connectivity index (χ3v) is 6.75. The molecule has 160 valence electrons. The van der Waals surface area contributed by atoms with E-state index in [1.54, 1.807) is 30.3 Å². The van der Waals surface area contributed by atoms with Crippen molar-refractivity contribution in [3.63, 3.8) is 0 Å². The van der Waals surface area contributed by atoms with Crippen LogP contribution in [-0.4, -0.2) is 57.1 Å². The van der Waals surface area contributed by atoms with Gasteiger partial charge >= 0.3 is 0 Å². The molecule has 4 rings (SSSR count). The summed E-state index contributed by atoms with van der Waals surface area (Å²) in [7, 11) is -3.73. The molecule has 2 aliphatic rings. The van der Waals surface area contributed by atoms with Crippen molar-refractivity contribution < 1.29 is 27.4 Å². The first kappa shape index (κ1) is 20.6. The summed E-state index contributed by atoms with van der Waals surface area (Å²) < 4.78 is 44.2. The van der Waals surface area contributed by atoms with Crippen molar-refractivity contribution in [1.82, 2.24) is 4.31 Å². The number of sulfonamides is 1. The molecule has 0 spiro atoms. The van der Waals surface area contributed by atoms with Gasteiger partial charge in [-0.3, -0.25) is 4.79 Å². The number of amides is 1. The number of hydrogen-bond donors (Lipinski definition) is 1. The second kappa shape index (κ2) is 8.25. The molecule has 1 fully saturated rings. The van der Waals surface area contributed by atoms with Gasteiger partial charge in [-0.05, 0) is 44.2 Å². The van der Waals surface area contributed by atoms with Crippen molar-refractivity contribution in [3.8, 4) is 11.5 Å². The Labute approximate surface area is 175 Å². The molecular weight excluding hydrogens is 408 g/mol. The highest BCUT2D eigenvalue weighted by atomic mass is 32.2. The highest BCUT2D eigenvalue weighted by Gasteiger charge is 2.32. The first-order valence-corrected chi connectivity index (χ1v) is 11.2. The Balaban J connectivity index is 1.53. The average Bonchev–Trinajstić information content (AvgIpc) is 2.73. The Morgan fingerprint density at radius 1 is 1.00 bits per heavy atom. The second-order valence-corrected chi connectivity index (χ2v) is 9.36. The van der Waals surface area contributed by atoms with Gasteiger partial charge in [0.2, 0.25) is 10.0 Å². The molecule has 1 amide bonds. The Kier molecular flexibility index (Phi) is 5.68. The van der Waals surface area contributed by atoms with E-state index in [1.165, 1.54) is 16.4 Å². The van der Waals surface area contributed by atoms with Gasteiger partial charge in [0, 0.05) is 30.4 Å². The minimum atomic E-state index is -3.73. The molecule has 2 aromatic carbocycles. The summed E-state index contributed by atoms with van der Waals surface area (Å²) in [5.41, 5.74) is 0.786. The van der Waals surface area contributed by atoms with Crippen LogP contribution < -0.4 is 14.8 Å². The van der Waals surface area contributed by atoms with Crippen LogP contribution in [0.25, 0.3) is 0 Å². The number of anilines is 1. The fourth-order valence-electron chi connectivity index (χ4n) is 3.60. The fraction of sp³-hybridized carbons (Fsp3) is 0.381. The van der Waals surface area contributed by atoms with E-state index in [0.717, 1.165) is 0 Å². The molecule has 0 bridgehead atoms. The van der Waals surface area contributed by atoms with Gasteiger partial charge in [-0.25, -0.2) is 8.42 Å². The predicted octanol–water partition coefficient (Wildman–Crippen LogP) is 2.51. The van der Waals surface area contributed by atoms with Crippen LogP contribution in [0.2, 0.25) is 0 Å². The zero-order chi connectivity index (χ0) is 21.3. The summed E-state index contributed by atoms with van der Waals surface area (Å²) >= 11 is 0. The molecule has 0 aliphatic carbocycles. The standard InChI is InChI=1S/C21H24N2O6S/c1-14-12-23(13-15(2)29-14)30(25,26)18-5-3-4-16(10-18)21(24)22-17-6-7-19-20(11-17)28-9-8-27-19/h3-7,10-11,14-15H,8-9,12-13H2,1-2H3,(H,22,24)/t14-,15+. The molecular formula is C21H24N2O6S. The number of benzene rings is 2. The third-order valence-electron chi connectivity index (χ3n) is 4.92. The van der Waals surface area contributed by atoms with E-state index in [9.17, 15) is 13.2 Å². The molecule has 30 heavy (non-hydrogen) atoms. The summed E-state index contributed by atoms with van der Waals surface area (Å²) in [5.74, 6) is 0.777. The molecule has 2 heterocycles. The number of morpholine rings is 1. The molecule has 0 radical (unpaired) electrons. The van der Waals surface area contributed by atoms with E-state index < -0.39 is 15.9 Å². The SMILES string of the molecule is C[C@@H]1CN(S(=O)(=O)c2cccc(C(=O)Nc3ccc4c(c3)OCCO4)c2)C[C@H](C)O1. The first-order valence-electron chi connectivity index (χ1n) is 9.79. The average molecular weight is 432 g/mol. The quantitative estimate of drug-likeness (QED) is 0.798. The van der Waals surface area contributed by atoms with E-state index in [-0.39, 0.29) is 35.8 Å². The molecule has 9 heteroatoms. The van der Waals surface area contributed by atoms with Gasteiger partial charge in [-0.2, -0.15) is 4.31 Å². The van der Waals surface area contributed by atoms with Crippen molar-refractivity contribution in [3.05, 3.63) is 48.0 Å². The van der Waals surface area contributed by atoms with E-state index in [4.69, 9.17) is 14.2 Å². The lowest BCUT2D eigenvalue weighted by atomic mass is 10.2. The van der Waals surface area contributed by atoms with Gasteiger partial charge in [-0.15, -0.1) is 0 Å². The van der Waals surface area contributed by atoms with Gasteiger partial charge in [0.1, 0.15) is 13.2 Å². The number of carbonyl (C=O) groups is 1. The molecule has 1 saturated heterocycles. The molecule has 1 N–H and O–H groups in total. The number of rotatable bonds is 4. The van der Waals surface area contributed by atoms with Crippen LogP contribution in [0.5, 0.6) is 11.5 Å². The summed E-state index contributed by atoms with van der Waals surface area (Å²) in [5, 5.41) is 2.78. The molecule has 0 saturated carbocycles. The van der Waals surface area contributed by atoms with Crippen LogP contribution in [0.3, 0.4) is 0 Å². The Morgan fingerprint density at radius 3 is 2.43 bits per heavy atom. The maximum Gasteiger partial charge on any atom is 0.255 e. The Hall–Kier alpha value is -2.62. The van der Waals surface area contributed by atoms with Crippen LogP contribution in [0, 0.1) is 0 Å².